The van der Waals surface area contributed by atoms with Crippen LogP contribution in [0.2, 0.25) is 0 Å². The van der Waals surface area contributed by atoms with Crippen LogP contribution in [0.1, 0.15) is 25.0 Å². The van der Waals surface area contributed by atoms with Gasteiger partial charge in [0.05, 0.1) is 17.4 Å². The normalized spacial score (nSPS) is 24.0. The predicted octanol–water partition coefficient (Wildman–Crippen LogP) is -0.402. The van der Waals surface area contributed by atoms with Crippen LogP contribution >= 0.6 is 0 Å². The number of amides is 1. The minimum atomic E-state index is -3.05. The molecule has 8 nitrogen and oxygen atoms in total. The van der Waals surface area contributed by atoms with Gasteiger partial charge >= 0.3 is 0 Å². The average Bonchev–Trinajstić information content (AvgIpc) is 2.87. The zero-order valence-corrected chi connectivity index (χ0v) is 14.4. The highest BCUT2D eigenvalue weighted by Crippen LogP contribution is 2.20. The van der Waals surface area contributed by atoms with Crippen LogP contribution < -0.4 is 15.8 Å². The van der Waals surface area contributed by atoms with Gasteiger partial charge in [-0.3, -0.25) is 14.6 Å². The number of piperidine rings is 1. The Kier molecular flexibility index (Phi) is 4.62. The van der Waals surface area contributed by atoms with E-state index in [2.05, 4.69) is 15.3 Å². The molecule has 3 heterocycles. The van der Waals surface area contributed by atoms with E-state index in [9.17, 15) is 18.0 Å². The smallest absolute Gasteiger partial charge is 0.252 e. The third-order valence-electron chi connectivity index (χ3n) is 4.60. The number of nitrogens with zero attached hydrogens (tertiary/aromatic N) is 2. The first-order valence-corrected chi connectivity index (χ1v) is 9.98. The number of sulfone groups is 1. The molecule has 132 valence electrons. The summed E-state index contributed by atoms with van der Waals surface area (Å²) >= 11 is 0. The Bertz CT molecular complexity index is 781. The van der Waals surface area contributed by atoms with E-state index < -0.39 is 15.8 Å². The molecule has 24 heavy (non-hydrogen) atoms. The summed E-state index contributed by atoms with van der Waals surface area (Å²) < 4.78 is 22.9. The quantitative estimate of drug-likeness (QED) is 0.764. The zero-order valence-electron chi connectivity index (χ0n) is 13.6. The van der Waals surface area contributed by atoms with Gasteiger partial charge in [-0.05, 0) is 26.2 Å². The zero-order chi connectivity index (χ0) is 17.3. The highest BCUT2D eigenvalue weighted by Gasteiger charge is 2.34. The first-order valence-electron chi connectivity index (χ1n) is 8.16. The monoisotopic (exact) mass is 354 g/mol. The Hall–Kier alpha value is -1.90. The van der Waals surface area contributed by atoms with E-state index in [1.165, 1.54) is 6.07 Å². The molecule has 2 fully saturated rings. The van der Waals surface area contributed by atoms with Crippen molar-refractivity contribution in [1.29, 1.82) is 0 Å². The van der Waals surface area contributed by atoms with Crippen molar-refractivity contribution in [3.8, 4) is 0 Å². The molecule has 0 radical (unpaired) electrons. The first-order chi connectivity index (χ1) is 11.3. The van der Waals surface area contributed by atoms with Crippen LogP contribution in [0.15, 0.2) is 10.9 Å². The molecular weight excluding hydrogens is 332 g/mol. The molecule has 2 aliphatic rings. The fraction of sp³-hybridized carbons (Fsp3) is 0.667. The van der Waals surface area contributed by atoms with Crippen LogP contribution in [0.3, 0.4) is 0 Å². The SMILES string of the molecule is Cc1cc(=O)[nH]c(N2CCC(NC(=O)C3CCS(=O)(=O)C3)CC2)n1. The highest BCUT2D eigenvalue weighted by atomic mass is 32.2. The molecular formula is C15H22N4O4S. The summed E-state index contributed by atoms with van der Waals surface area (Å²) in [6.45, 7) is 3.14. The number of nitrogens with one attached hydrogen (secondary N) is 2. The lowest BCUT2D eigenvalue weighted by molar-refractivity contribution is -0.125. The molecule has 1 unspecified atom stereocenters. The van der Waals surface area contributed by atoms with Crippen molar-refractivity contribution in [1.82, 2.24) is 15.3 Å². The van der Waals surface area contributed by atoms with E-state index in [4.69, 9.17) is 0 Å². The number of hydrogen-bond acceptors (Lipinski definition) is 6. The number of H-pyrrole nitrogens is 1. The molecule has 0 aliphatic carbocycles. The fourth-order valence-electron chi connectivity index (χ4n) is 3.27. The summed E-state index contributed by atoms with van der Waals surface area (Å²) in [5.74, 6) is 0.0632. The molecule has 0 spiro atoms. The maximum absolute atomic E-state index is 12.2. The van der Waals surface area contributed by atoms with Gasteiger partial charge in [-0.1, -0.05) is 0 Å². The molecule has 2 aliphatic heterocycles. The van der Waals surface area contributed by atoms with Gasteiger partial charge in [0, 0.05) is 30.9 Å². The molecule has 1 aromatic rings. The Morgan fingerprint density at radius 3 is 2.62 bits per heavy atom. The molecule has 1 aromatic heterocycles. The number of carbonyl (C=O) groups excluding carboxylic acids is 1. The molecule has 2 saturated heterocycles. The molecule has 2 N–H and O–H groups in total. The lowest BCUT2D eigenvalue weighted by Gasteiger charge is -2.33. The van der Waals surface area contributed by atoms with Crippen molar-refractivity contribution in [2.24, 2.45) is 5.92 Å². The van der Waals surface area contributed by atoms with Crippen molar-refractivity contribution in [2.45, 2.75) is 32.2 Å². The van der Waals surface area contributed by atoms with Gasteiger partial charge in [0.1, 0.15) is 0 Å². The predicted molar refractivity (Wildman–Crippen MR) is 89.7 cm³/mol. The summed E-state index contributed by atoms with van der Waals surface area (Å²) in [6, 6.07) is 1.49. The number of carbonyl (C=O) groups is 1. The minimum Gasteiger partial charge on any atom is -0.353 e. The standard InChI is InChI=1S/C15H22N4O4S/c1-10-8-13(20)18-15(16-10)19-5-2-12(3-6-19)17-14(21)11-4-7-24(22,23)9-11/h8,11-12H,2-7,9H2,1H3,(H,17,21)(H,16,18,20). The van der Waals surface area contributed by atoms with Crippen LogP contribution in [0.4, 0.5) is 5.95 Å². The molecule has 1 atom stereocenters. The Labute approximate surface area is 140 Å². The van der Waals surface area contributed by atoms with E-state index in [1.54, 1.807) is 6.92 Å². The number of hydrogen-bond donors (Lipinski definition) is 2. The molecule has 9 heteroatoms. The van der Waals surface area contributed by atoms with Crippen LogP contribution in [0.5, 0.6) is 0 Å². The van der Waals surface area contributed by atoms with Crippen LogP contribution in [0, 0.1) is 12.8 Å². The second-order valence-corrected chi connectivity index (χ2v) is 8.81. The van der Waals surface area contributed by atoms with Crippen molar-refractivity contribution in [3.63, 3.8) is 0 Å². The third kappa shape index (κ3) is 3.95. The topological polar surface area (TPSA) is 112 Å². The molecule has 0 aromatic carbocycles. The van der Waals surface area contributed by atoms with Crippen molar-refractivity contribution < 1.29 is 13.2 Å². The van der Waals surface area contributed by atoms with Crippen LogP contribution in [0.25, 0.3) is 0 Å². The maximum atomic E-state index is 12.2. The first kappa shape index (κ1) is 16.9. The fourth-order valence-corrected chi connectivity index (χ4v) is 5.01. The van der Waals surface area contributed by atoms with Gasteiger partial charge < -0.3 is 10.2 Å². The van der Waals surface area contributed by atoms with E-state index in [-0.39, 0.29) is 29.0 Å². The van der Waals surface area contributed by atoms with Crippen molar-refractivity contribution in [2.75, 3.05) is 29.5 Å². The summed E-state index contributed by atoms with van der Waals surface area (Å²) in [5, 5.41) is 2.97. The maximum Gasteiger partial charge on any atom is 0.252 e. The molecule has 3 rings (SSSR count). The number of aromatic nitrogens is 2. The number of aromatic amines is 1. The Morgan fingerprint density at radius 1 is 1.33 bits per heavy atom. The van der Waals surface area contributed by atoms with Gasteiger partial charge in [-0.15, -0.1) is 0 Å². The largest absolute Gasteiger partial charge is 0.353 e. The third-order valence-corrected chi connectivity index (χ3v) is 6.37. The van der Waals surface area contributed by atoms with E-state index in [0.29, 0.717) is 31.2 Å². The summed E-state index contributed by atoms with van der Waals surface area (Å²) in [4.78, 5) is 32.8. The average molecular weight is 354 g/mol. The summed E-state index contributed by atoms with van der Waals surface area (Å²) in [6.07, 6.45) is 1.90. The van der Waals surface area contributed by atoms with Gasteiger partial charge in [-0.25, -0.2) is 13.4 Å². The van der Waals surface area contributed by atoms with Crippen LogP contribution in [-0.4, -0.2) is 54.9 Å². The lowest BCUT2D eigenvalue weighted by Crippen LogP contribution is -2.47. The van der Waals surface area contributed by atoms with Gasteiger partial charge in [0.25, 0.3) is 5.56 Å². The van der Waals surface area contributed by atoms with E-state index in [1.807, 2.05) is 4.90 Å². The minimum absolute atomic E-state index is 0.0356. The van der Waals surface area contributed by atoms with Crippen LogP contribution in [-0.2, 0) is 14.6 Å². The second-order valence-electron chi connectivity index (χ2n) is 6.58. The number of rotatable bonds is 3. The lowest BCUT2D eigenvalue weighted by atomic mass is 10.0. The van der Waals surface area contributed by atoms with Crippen molar-refractivity contribution >= 4 is 21.7 Å². The molecule has 1 amide bonds. The molecule has 0 saturated carbocycles. The van der Waals surface area contributed by atoms with E-state index >= 15 is 0 Å². The van der Waals surface area contributed by atoms with Crippen molar-refractivity contribution in [3.05, 3.63) is 22.1 Å². The number of aryl methyl sites for hydroxylation is 1. The highest BCUT2D eigenvalue weighted by molar-refractivity contribution is 7.91. The Balaban J connectivity index is 1.54. The van der Waals surface area contributed by atoms with Gasteiger partial charge in [0.2, 0.25) is 11.9 Å². The number of anilines is 1. The summed E-state index contributed by atoms with van der Waals surface area (Å²) in [5.41, 5.74) is 0.502. The van der Waals surface area contributed by atoms with E-state index in [0.717, 1.165) is 12.8 Å². The molecule has 0 bridgehead atoms. The van der Waals surface area contributed by atoms with Gasteiger partial charge in [-0.2, -0.15) is 0 Å². The van der Waals surface area contributed by atoms with Gasteiger partial charge in [0.15, 0.2) is 9.84 Å². The summed E-state index contributed by atoms with van der Waals surface area (Å²) in [7, 11) is -3.05. The Morgan fingerprint density at radius 2 is 2.04 bits per heavy atom. The second kappa shape index (κ2) is 6.54.